The normalized spacial score (nSPS) is 14.1. The van der Waals surface area contributed by atoms with E-state index in [4.69, 9.17) is 21.9 Å². The predicted molar refractivity (Wildman–Crippen MR) is 111 cm³/mol. The molecule has 3 aromatic heterocycles. The van der Waals surface area contributed by atoms with Crippen LogP contribution in [-0.4, -0.2) is 25.1 Å². The van der Waals surface area contributed by atoms with Gasteiger partial charge in [0.15, 0.2) is 5.82 Å². The van der Waals surface area contributed by atoms with Crippen LogP contribution in [0.3, 0.4) is 0 Å². The molecule has 3 heterocycles. The van der Waals surface area contributed by atoms with E-state index in [1.165, 1.54) is 17.7 Å². The first kappa shape index (κ1) is 18.5. The molecule has 1 saturated carbocycles. The van der Waals surface area contributed by atoms with Crippen molar-refractivity contribution < 1.29 is 8.91 Å². The molecule has 150 valence electrons. The van der Waals surface area contributed by atoms with E-state index in [0.29, 0.717) is 28.7 Å². The number of aromatic amines is 1. The van der Waals surface area contributed by atoms with Gasteiger partial charge in [-0.05, 0) is 37.1 Å². The van der Waals surface area contributed by atoms with Gasteiger partial charge in [-0.15, -0.1) is 0 Å². The molecular weight excluding hydrogens is 407 g/mol. The Morgan fingerprint density at radius 2 is 2.03 bits per heavy atom. The van der Waals surface area contributed by atoms with Gasteiger partial charge in [-0.3, -0.25) is 4.98 Å². The first-order valence-electron chi connectivity index (χ1n) is 9.26. The van der Waals surface area contributed by atoms with E-state index in [1.807, 2.05) is 0 Å². The summed E-state index contributed by atoms with van der Waals surface area (Å²) >= 11 is 6.13. The van der Waals surface area contributed by atoms with Crippen LogP contribution in [0.4, 0.5) is 10.2 Å². The highest BCUT2D eigenvalue weighted by molar-refractivity contribution is 6.33. The monoisotopic (exact) mass is 422 g/mol. The van der Waals surface area contributed by atoms with Crippen LogP contribution in [0.5, 0.6) is 0 Å². The van der Waals surface area contributed by atoms with E-state index >= 15 is 0 Å². The first-order chi connectivity index (χ1) is 14.5. The Morgan fingerprint density at radius 1 is 1.20 bits per heavy atom. The molecule has 0 bridgehead atoms. The van der Waals surface area contributed by atoms with Gasteiger partial charge in [-0.1, -0.05) is 35.0 Å². The van der Waals surface area contributed by atoms with E-state index in [2.05, 4.69) is 31.7 Å². The van der Waals surface area contributed by atoms with Gasteiger partial charge in [0.05, 0.1) is 16.3 Å². The smallest absolute Gasteiger partial charge is 0.276 e. The summed E-state index contributed by atoms with van der Waals surface area (Å²) in [6, 6.07) is 7.98. The Hall–Kier alpha value is -3.52. The number of halogens is 2. The number of rotatable bonds is 4. The molecule has 0 unspecified atom stereocenters. The lowest BCUT2D eigenvalue weighted by molar-refractivity contribution is 0.403. The number of nitrogens with two attached hydrogens (primary N) is 1. The average Bonchev–Trinajstić information content (AvgIpc) is 3.33. The maximum atomic E-state index is 14.2. The molecular formula is C21H16ClFN6O. The van der Waals surface area contributed by atoms with E-state index in [1.54, 1.807) is 24.4 Å². The van der Waals surface area contributed by atoms with E-state index in [9.17, 15) is 4.39 Å². The number of hydrogen-bond acceptors (Lipinski definition) is 6. The number of nitrogen functional groups attached to an aromatic ring is 1. The Bertz CT molecular complexity index is 1230. The van der Waals surface area contributed by atoms with Crippen molar-refractivity contribution in [3.05, 3.63) is 65.3 Å². The number of imidazole rings is 1. The number of pyridine rings is 1. The van der Waals surface area contributed by atoms with Gasteiger partial charge in [0.2, 0.25) is 0 Å². The van der Waals surface area contributed by atoms with Gasteiger partial charge in [-0.25, -0.2) is 9.37 Å². The van der Waals surface area contributed by atoms with Gasteiger partial charge in [0.1, 0.15) is 23.2 Å². The zero-order valence-electron chi connectivity index (χ0n) is 15.7. The van der Waals surface area contributed by atoms with Crippen molar-refractivity contribution >= 4 is 17.4 Å². The standard InChI is InChI=1S/C21H16ClFN6O/c1-10-7-12(8-10)19-28-21(30-29-19)15-6-5-11(9-25-15)17-18(24)27-20(26-17)16-13(22)3-2-4-14(16)23/h2-6,9,12H,1,7-8,24H2,(H,26,27). The largest absolute Gasteiger partial charge is 0.382 e. The highest BCUT2D eigenvalue weighted by atomic mass is 35.5. The number of aromatic nitrogens is 5. The van der Waals surface area contributed by atoms with Crippen LogP contribution < -0.4 is 5.73 Å². The number of hydrogen-bond donors (Lipinski definition) is 2. The minimum Gasteiger partial charge on any atom is -0.382 e. The van der Waals surface area contributed by atoms with Gasteiger partial charge in [0, 0.05) is 17.7 Å². The van der Waals surface area contributed by atoms with Crippen molar-refractivity contribution in [2.24, 2.45) is 0 Å². The second-order valence-electron chi connectivity index (χ2n) is 7.19. The average molecular weight is 423 g/mol. The van der Waals surface area contributed by atoms with E-state index < -0.39 is 5.82 Å². The lowest BCUT2D eigenvalue weighted by atomic mass is 9.81. The van der Waals surface area contributed by atoms with Crippen LogP contribution in [0.15, 0.2) is 53.2 Å². The molecule has 0 spiro atoms. The zero-order valence-corrected chi connectivity index (χ0v) is 16.4. The number of allylic oxidation sites excluding steroid dienone is 1. The Labute approximate surface area is 175 Å². The topological polar surface area (TPSA) is 107 Å². The summed E-state index contributed by atoms with van der Waals surface area (Å²) in [5.74, 6) is 1.27. The fourth-order valence-electron chi connectivity index (χ4n) is 3.44. The van der Waals surface area contributed by atoms with Gasteiger partial charge in [0.25, 0.3) is 5.89 Å². The molecule has 9 heteroatoms. The zero-order chi connectivity index (χ0) is 20.8. The molecule has 30 heavy (non-hydrogen) atoms. The van der Waals surface area contributed by atoms with Crippen molar-refractivity contribution in [2.75, 3.05) is 5.73 Å². The summed E-state index contributed by atoms with van der Waals surface area (Å²) in [5, 5.41) is 4.29. The molecule has 0 atom stereocenters. The van der Waals surface area contributed by atoms with Crippen LogP contribution in [-0.2, 0) is 0 Å². The third kappa shape index (κ3) is 3.15. The SMILES string of the molecule is C=C1CC(c2noc(-c3ccc(-c4[nH]c(-c5c(F)cccc5Cl)nc4N)cn3)n2)C1. The second-order valence-corrected chi connectivity index (χ2v) is 7.59. The molecule has 1 aliphatic rings. The third-order valence-corrected chi connectivity index (χ3v) is 5.39. The number of nitrogens with one attached hydrogen (secondary N) is 1. The quantitative estimate of drug-likeness (QED) is 0.448. The number of nitrogens with zero attached hydrogens (tertiary/aromatic N) is 4. The second kappa shape index (κ2) is 7.07. The molecule has 1 aromatic carbocycles. The van der Waals surface area contributed by atoms with Gasteiger partial charge in [-0.2, -0.15) is 4.98 Å². The molecule has 3 N–H and O–H groups in total. The summed E-state index contributed by atoms with van der Waals surface area (Å²) in [6.07, 6.45) is 3.39. The lowest BCUT2D eigenvalue weighted by Crippen LogP contribution is -2.13. The highest BCUT2D eigenvalue weighted by Gasteiger charge is 2.28. The summed E-state index contributed by atoms with van der Waals surface area (Å²) < 4.78 is 19.6. The fourth-order valence-corrected chi connectivity index (χ4v) is 3.69. The predicted octanol–water partition coefficient (Wildman–Crippen LogP) is 5.00. The maximum absolute atomic E-state index is 14.2. The van der Waals surface area contributed by atoms with Crippen molar-refractivity contribution in [3.63, 3.8) is 0 Å². The molecule has 1 aliphatic carbocycles. The Kier molecular flexibility index (Phi) is 4.36. The van der Waals surface area contributed by atoms with E-state index in [0.717, 1.165) is 12.8 Å². The molecule has 0 saturated heterocycles. The van der Waals surface area contributed by atoms with Crippen LogP contribution in [0, 0.1) is 5.82 Å². The van der Waals surface area contributed by atoms with Gasteiger partial charge < -0.3 is 15.2 Å². The van der Waals surface area contributed by atoms with Crippen LogP contribution in [0.2, 0.25) is 5.02 Å². The molecule has 0 radical (unpaired) electrons. The van der Waals surface area contributed by atoms with E-state index in [-0.39, 0.29) is 28.1 Å². The molecule has 0 amide bonds. The third-order valence-electron chi connectivity index (χ3n) is 5.08. The van der Waals surface area contributed by atoms with Crippen molar-refractivity contribution in [3.8, 4) is 34.2 Å². The molecule has 0 aliphatic heterocycles. The van der Waals surface area contributed by atoms with Crippen LogP contribution in [0.1, 0.15) is 24.6 Å². The molecule has 7 nitrogen and oxygen atoms in total. The first-order valence-corrected chi connectivity index (χ1v) is 9.64. The van der Waals surface area contributed by atoms with Crippen molar-refractivity contribution in [1.29, 1.82) is 0 Å². The number of anilines is 1. The minimum atomic E-state index is -0.487. The molecule has 1 fully saturated rings. The summed E-state index contributed by atoms with van der Waals surface area (Å²) in [4.78, 5) is 16.1. The van der Waals surface area contributed by atoms with Crippen molar-refractivity contribution in [1.82, 2.24) is 25.1 Å². The molecule has 5 rings (SSSR count). The molecule has 4 aromatic rings. The van der Waals surface area contributed by atoms with Gasteiger partial charge >= 0.3 is 0 Å². The van der Waals surface area contributed by atoms with Crippen LogP contribution >= 0.6 is 11.6 Å². The lowest BCUT2D eigenvalue weighted by Gasteiger charge is -2.24. The number of benzene rings is 1. The van der Waals surface area contributed by atoms with Crippen molar-refractivity contribution in [2.45, 2.75) is 18.8 Å². The fraction of sp³-hybridized carbons (Fsp3) is 0.143. The highest BCUT2D eigenvalue weighted by Crippen LogP contribution is 2.39. The summed E-state index contributed by atoms with van der Waals surface area (Å²) in [7, 11) is 0. The Balaban J connectivity index is 1.42. The minimum absolute atomic E-state index is 0.166. The number of H-pyrrole nitrogens is 1. The maximum Gasteiger partial charge on any atom is 0.276 e. The summed E-state index contributed by atoms with van der Waals surface area (Å²) in [6.45, 7) is 3.93. The van der Waals surface area contributed by atoms with Crippen LogP contribution in [0.25, 0.3) is 34.2 Å². The Morgan fingerprint density at radius 3 is 2.73 bits per heavy atom. The summed E-state index contributed by atoms with van der Waals surface area (Å²) in [5.41, 5.74) is 9.15.